The number of carbonyl (C=O) groups is 1. The van der Waals surface area contributed by atoms with Crippen LogP contribution in [-0.4, -0.2) is 28.4 Å². The topological polar surface area (TPSA) is 59.2 Å². The van der Waals surface area contributed by atoms with Gasteiger partial charge in [0.2, 0.25) is 0 Å². The molecule has 1 saturated heterocycles. The lowest BCUT2D eigenvalue weighted by atomic mass is 9.87. The van der Waals surface area contributed by atoms with Crippen molar-refractivity contribution in [3.8, 4) is 0 Å². The van der Waals surface area contributed by atoms with Gasteiger partial charge in [0.25, 0.3) is 5.91 Å². The lowest BCUT2D eigenvalue weighted by Gasteiger charge is -2.31. The molecule has 0 bridgehead atoms. The van der Waals surface area contributed by atoms with Gasteiger partial charge in [0, 0.05) is 30.4 Å². The molecule has 6 heteroatoms. The fourth-order valence-electron chi connectivity index (χ4n) is 3.54. The van der Waals surface area contributed by atoms with Crippen molar-refractivity contribution in [1.29, 1.82) is 0 Å². The summed E-state index contributed by atoms with van der Waals surface area (Å²) >= 11 is 1.46. The minimum absolute atomic E-state index is 0. The normalized spacial score (nSPS) is 18.2. The molecule has 1 aliphatic rings. The maximum absolute atomic E-state index is 12.9. The molecule has 2 unspecified atom stereocenters. The third-order valence-electron chi connectivity index (χ3n) is 4.64. The second-order valence-electron chi connectivity index (χ2n) is 5.96. The van der Waals surface area contributed by atoms with Crippen molar-refractivity contribution in [1.82, 2.24) is 9.88 Å². The molecule has 3 rings (SSSR count). The second kappa shape index (κ2) is 8.60. The Morgan fingerprint density at radius 1 is 1.42 bits per heavy atom. The molecule has 1 aromatic carbocycles. The molecule has 1 aromatic heterocycles. The Labute approximate surface area is 153 Å². The second-order valence-corrected chi connectivity index (χ2v) is 6.91. The molecule has 2 atom stereocenters. The number of carbonyl (C=O) groups excluding carboxylic acids is 1. The van der Waals surface area contributed by atoms with Crippen molar-refractivity contribution < 1.29 is 4.79 Å². The first-order chi connectivity index (χ1) is 11.2. The third kappa shape index (κ3) is 3.79. The molecule has 0 spiro atoms. The van der Waals surface area contributed by atoms with Gasteiger partial charge in [0.15, 0.2) is 0 Å². The molecule has 0 saturated carbocycles. The van der Waals surface area contributed by atoms with Crippen molar-refractivity contribution in [2.75, 3.05) is 6.54 Å². The lowest BCUT2D eigenvalue weighted by molar-refractivity contribution is 0.0709. The van der Waals surface area contributed by atoms with Crippen LogP contribution in [0.4, 0.5) is 0 Å². The van der Waals surface area contributed by atoms with E-state index in [1.165, 1.54) is 16.9 Å². The number of likely N-dealkylation sites (tertiary alicyclic amines) is 1. The number of halogens is 1. The van der Waals surface area contributed by atoms with E-state index in [1.807, 2.05) is 16.3 Å². The van der Waals surface area contributed by atoms with E-state index in [0.29, 0.717) is 18.2 Å². The Kier molecular flexibility index (Phi) is 6.78. The first-order valence-electron chi connectivity index (χ1n) is 8.25. The molecular formula is C18H24ClN3OS. The Bertz CT molecular complexity index is 661. The average Bonchev–Trinajstić information content (AvgIpc) is 3.25. The van der Waals surface area contributed by atoms with Crippen molar-refractivity contribution >= 4 is 29.7 Å². The zero-order valence-corrected chi connectivity index (χ0v) is 15.5. The highest BCUT2D eigenvalue weighted by molar-refractivity contribution is 7.09. The van der Waals surface area contributed by atoms with Crippen molar-refractivity contribution in [2.45, 2.75) is 44.7 Å². The summed E-state index contributed by atoms with van der Waals surface area (Å²) in [6.45, 7) is 3.42. The predicted octanol–water partition coefficient (Wildman–Crippen LogP) is 3.82. The van der Waals surface area contributed by atoms with Gasteiger partial charge in [-0.05, 0) is 24.8 Å². The fourth-order valence-corrected chi connectivity index (χ4v) is 4.19. The maximum atomic E-state index is 12.9. The van der Waals surface area contributed by atoms with Crippen LogP contribution >= 0.6 is 23.7 Å². The number of rotatable bonds is 5. The third-order valence-corrected chi connectivity index (χ3v) is 5.51. The SMILES string of the molecule is CCC(c1ccccc1)C1CCCN1C(=O)c1csc(CN)n1.Cl. The summed E-state index contributed by atoms with van der Waals surface area (Å²) in [6.07, 6.45) is 3.16. The number of thiazole rings is 1. The smallest absolute Gasteiger partial charge is 0.273 e. The highest BCUT2D eigenvalue weighted by Gasteiger charge is 2.35. The Hall–Kier alpha value is -1.43. The maximum Gasteiger partial charge on any atom is 0.273 e. The molecule has 0 radical (unpaired) electrons. The summed E-state index contributed by atoms with van der Waals surface area (Å²) < 4.78 is 0. The van der Waals surface area contributed by atoms with Gasteiger partial charge in [-0.1, -0.05) is 37.3 Å². The van der Waals surface area contributed by atoms with Gasteiger partial charge in [-0.25, -0.2) is 4.98 Å². The predicted molar refractivity (Wildman–Crippen MR) is 101 cm³/mol. The highest BCUT2D eigenvalue weighted by Crippen LogP contribution is 2.34. The van der Waals surface area contributed by atoms with E-state index in [1.54, 1.807) is 0 Å². The quantitative estimate of drug-likeness (QED) is 0.876. The van der Waals surface area contributed by atoms with E-state index in [4.69, 9.17) is 5.73 Å². The number of aromatic nitrogens is 1. The summed E-state index contributed by atoms with van der Waals surface area (Å²) in [6, 6.07) is 10.8. The Balaban J connectivity index is 0.00000208. The van der Waals surface area contributed by atoms with E-state index >= 15 is 0 Å². The molecule has 1 amide bonds. The molecule has 130 valence electrons. The van der Waals surface area contributed by atoms with Crippen LogP contribution in [0, 0.1) is 0 Å². The number of nitrogens with zero attached hydrogens (tertiary/aromatic N) is 2. The van der Waals surface area contributed by atoms with Crippen LogP contribution < -0.4 is 5.73 Å². The van der Waals surface area contributed by atoms with Crippen LogP contribution in [0.5, 0.6) is 0 Å². The monoisotopic (exact) mass is 365 g/mol. The highest BCUT2D eigenvalue weighted by atomic mass is 35.5. The summed E-state index contributed by atoms with van der Waals surface area (Å²) in [7, 11) is 0. The lowest BCUT2D eigenvalue weighted by Crippen LogP contribution is -2.39. The van der Waals surface area contributed by atoms with Gasteiger partial charge in [-0.15, -0.1) is 23.7 Å². The van der Waals surface area contributed by atoms with Crippen molar-refractivity contribution in [2.24, 2.45) is 5.73 Å². The van der Waals surface area contributed by atoms with Crippen LogP contribution in [0.1, 0.15) is 53.2 Å². The van der Waals surface area contributed by atoms with E-state index in [-0.39, 0.29) is 24.4 Å². The molecule has 2 N–H and O–H groups in total. The molecule has 1 aliphatic heterocycles. The standard InChI is InChI=1S/C18H23N3OS.ClH/c1-2-14(13-7-4-3-5-8-13)16-9-6-10-21(16)18(22)15-12-23-17(11-19)20-15;/h3-5,7-8,12,14,16H,2,6,9-11,19H2,1H3;1H. The molecule has 2 heterocycles. The summed E-state index contributed by atoms with van der Waals surface area (Å²) in [5, 5.41) is 2.66. The summed E-state index contributed by atoms with van der Waals surface area (Å²) in [4.78, 5) is 19.3. The number of benzene rings is 1. The Morgan fingerprint density at radius 3 is 2.79 bits per heavy atom. The van der Waals surface area contributed by atoms with Gasteiger partial charge < -0.3 is 10.6 Å². The van der Waals surface area contributed by atoms with E-state index in [0.717, 1.165) is 30.8 Å². The minimum Gasteiger partial charge on any atom is -0.334 e. The van der Waals surface area contributed by atoms with Gasteiger partial charge in [-0.2, -0.15) is 0 Å². The van der Waals surface area contributed by atoms with Gasteiger partial charge in [0.1, 0.15) is 10.7 Å². The summed E-state index contributed by atoms with van der Waals surface area (Å²) in [5.41, 5.74) is 7.48. The number of hydrogen-bond acceptors (Lipinski definition) is 4. The number of amides is 1. The van der Waals surface area contributed by atoms with Crippen molar-refractivity contribution in [3.05, 3.63) is 52.0 Å². The first-order valence-corrected chi connectivity index (χ1v) is 9.13. The van der Waals surface area contributed by atoms with Gasteiger partial charge in [-0.3, -0.25) is 4.79 Å². The number of hydrogen-bond donors (Lipinski definition) is 1. The van der Waals surface area contributed by atoms with Gasteiger partial charge in [0.05, 0.1) is 0 Å². The molecule has 0 aliphatic carbocycles. The van der Waals surface area contributed by atoms with E-state index in [2.05, 4.69) is 36.2 Å². The van der Waals surface area contributed by atoms with Gasteiger partial charge >= 0.3 is 0 Å². The van der Waals surface area contributed by atoms with Crippen molar-refractivity contribution in [3.63, 3.8) is 0 Å². The Morgan fingerprint density at radius 2 is 2.17 bits per heavy atom. The first kappa shape index (κ1) is 18.9. The molecule has 24 heavy (non-hydrogen) atoms. The zero-order valence-electron chi connectivity index (χ0n) is 13.9. The van der Waals surface area contributed by atoms with Crippen LogP contribution in [0.25, 0.3) is 0 Å². The van der Waals surface area contributed by atoms with E-state index < -0.39 is 0 Å². The van der Waals surface area contributed by atoms with E-state index in [9.17, 15) is 4.79 Å². The molecule has 1 fully saturated rings. The number of nitrogens with two attached hydrogens (primary N) is 1. The van der Waals surface area contributed by atoms with Crippen LogP contribution in [0.15, 0.2) is 35.7 Å². The van der Waals surface area contributed by atoms with Crippen LogP contribution in [0.3, 0.4) is 0 Å². The zero-order chi connectivity index (χ0) is 16.2. The van der Waals surface area contributed by atoms with Crippen LogP contribution in [0.2, 0.25) is 0 Å². The van der Waals surface area contributed by atoms with Crippen LogP contribution in [-0.2, 0) is 6.54 Å². The molecule has 2 aromatic rings. The fraction of sp³-hybridized carbons (Fsp3) is 0.444. The largest absolute Gasteiger partial charge is 0.334 e. The molecule has 4 nitrogen and oxygen atoms in total. The molecular weight excluding hydrogens is 342 g/mol. The minimum atomic E-state index is 0. The summed E-state index contributed by atoms with van der Waals surface area (Å²) in [5.74, 6) is 0.438. The average molecular weight is 366 g/mol.